The van der Waals surface area contributed by atoms with E-state index < -0.39 is 0 Å². The average Bonchev–Trinajstić information content (AvgIpc) is 2.40. The molecule has 2 aliphatic heterocycles. The van der Waals surface area contributed by atoms with Gasteiger partial charge in [-0.1, -0.05) is 6.42 Å². The third kappa shape index (κ3) is 3.38. The summed E-state index contributed by atoms with van der Waals surface area (Å²) in [6.07, 6.45) is 8.13. The van der Waals surface area contributed by atoms with Gasteiger partial charge < -0.3 is 10.6 Å². The second-order valence-electron chi connectivity index (χ2n) is 5.11. The second kappa shape index (κ2) is 6.64. The zero-order chi connectivity index (χ0) is 12.1. The van der Waals surface area contributed by atoms with Crippen molar-refractivity contribution in [3.63, 3.8) is 0 Å². The van der Waals surface area contributed by atoms with Crippen LogP contribution in [0.2, 0.25) is 0 Å². The minimum absolute atomic E-state index is 0.238. The van der Waals surface area contributed by atoms with Gasteiger partial charge in [0, 0.05) is 12.6 Å². The molecule has 0 aromatic heterocycles. The summed E-state index contributed by atoms with van der Waals surface area (Å²) >= 11 is 1.86. The predicted octanol–water partition coefficient (Wildman–Crippen LogP) is 2.00. The summed E-state index contributed by atoms with van der Waals surface area (Å²) in [7, 11) is 0. The molecule has 2 rings (SSSR count). The molecule has 2 N–H and O–H groups in total. The molecule has 0 bridgehead atoms. The molecular weight excluding hydrogens is 232 g/mol. The van der Waals surface area contributed by atoms with Crippen molar-refractivity contribution >= 4 is 17.7 Å². The Hall–Kier alpha value is -0.220. The monoisotopic (exact) mass is 256 g/mol. The van der Waals surface area contributed by atoms with Gasteiger partial charge in [0.15, 0.2) is 0 Å². The Morgan fingerprint density at radius 2 is 2.06 bits per heavy atom. The fourth-order valence-corrected chi connectivity index (χ4v) is 4.17. The highest BCUT2D eigenvalue weighted by Crippen LogP contribution is 2.29. The van der Waals surface area contributed by atoms with Crippen molar-refractivity contribution in [3.8, 4) is 0 Å². The van der Waals surface area contributed by atoms with Gasteiger partial charge in [-0.3, -0.25) is 4.79 Å². The predicted molar refractivity (Wildman–Crippen MR) is 73.1 cm³/mol. The number of rotatable bonds is 3. The summed E-state index contributed by atoms with van der Waals surface area (Å²) < 4.78 is 0. The SMILES string of the molecule is NCCC1CCCCN1C(=O)C1CCCCS1. The van der Waals surface area contributed by atoms with E-state index in [9.17, 15) is 4.79 Å². The maximum Gasteiger partial charge on any atom is 0.235 e. The molecule has 0 aromatic rings. The number of piperidine rings is 1. The van der Waals surface area contributed by atoms with E-state index in [0.717, 1.165) is 31.6 Å². The Morgan fingerprint density at radius 1 is 1.24 bits per heavy atom. The fraction of sp³-hybridized carbons (Fsp3) is 0.923. The van der Waals surface area contributed by atoms with E-state index in [4.69, 9.17) is 5.73 Å². The van der Waals surface area contributed by atoms with E-state index >= 15 is 0 Å². The number of hydrogen-bond acceptors (Lipinski definition) is 3. The van der Waals surface area contributed by atoms with Crippen LogP contribution in [0.3, 0.4) is 0 Å². The largest absolute Gasteiger partial charge is 0.339 e. The molecular formula is C13H24N2OS. The zero-order valence-corrected chi connectivity index (χ0v) is 11.4. The third-order valence-electron chi connectivity index (χ3n) is 3.87. The number of nitrogens with zero attached hydrogens (tertiary/aromatic N) is 1. The van der Waals surface area contributed by atoms with Gasteiger partial charge in [0.05, 0.1) is 5.25 Å². The van der Waals surface area contributed by atoms with Crippen LogP contribution in [0.5, 0.6) is 0 Å². The average molecular weight is 256 g/mol. The number of hydrogen-bond donors (Lipinski definition) is 1. The number of carbonyl (C=O) groups is 1. The van der Waals surface area contributed by atoms with Crippen LogP contribution in [0.1, 0.15) is 44.9 Å². The van der Waals surface area contributed by atoms with Gasteiger partial charge in [-0.2, -0.15) is 0 Å². The van der Waals surface area contributed by atoms with Gasteiger partial charge in [-0.15, -0.1) is 11.8 Å². The van der Waals surface area contributed by atoms with Crippen molar-refractivity contribution in [2.75, 3.05) is 18.8 Å². The molecule has 0 aliphatic carbocycles. The maximum atomic E-state index is 12.5. The normalized spacial score (nSPS) is 30.3. The quantitative estimate of drug-likeness (QED) is 0.840. The Labute approximate surface area is 108 Å². The van der Waals surface area contributed by atoms with Crippen LogP contribution in [0, 0.1) is 0 Å². The molecule has 98 valence electrons. The van der Waals surface area contributed by atoms with Crippen molar-refractivity contribution in [1.82, 2.24) is 4.90 Å². The van der Waals surface area contributed by atoms with Crippen LogP contribution in [0.15, 0.2) is 0 Å². The lowest BCUT2D eigenvalue weighted by Gasteiger charge is -2.38. The lowest BCUT2D eigenvalue weighted by molar-refractivity contribution is -0.134. The van der Waals surface area contributed by atoms with Gasteiger partial charge in [-0.05, 0) is 50.8 Å². The van der Waals surface area contributed by atoms with Crippen molar-refractivity contribution in [2.24, 2.45) is 5.73 Å². The molecule has 2 unspecified atom stereocenters. The summed E-state index contributed by atoms with van der Waals surface area (Å²) in [5, 5.41) is 0.238. The van der Waals surface area contributed by atoms with E-state index in [-0.39, 0.29) is 5.25 Å². The molecule has 0 aromatic carbocycles. The highest BCUT2D eigenvalue weighted by atomic mass is 32.2. The molecule has 2 aliphatic rings. The highest BCUT2D eigenvalue weighted by molar-refractivity contribution is 8.00. The summed E-state index contributed by atoms with van der Waals surface area (Å²) in [5.74, 6) is 1.55. The Bertz CT molecular complexity index is 252. The highest BCUT2D eigenvalue weighted by Gasteiger charge is 2.31. The van der Waals surface area contributed by atoms with Gasteiger partial charge in [0.1, 0.15) is 0 Å². The second-order valence-corrected chi connectivity index (χ2v) is 6.42. The van der Waals surface area contributed by atoms with Crippen molar-refractivity contribution < 1.29 is 4.79 Å². The van der Waals surface area contributed by atoms with Crippen LogP contribution >= 0.6 is 11.8 Å². The van der Waals surface area contributed by atoms with E-state index in [1.807, 2.05) is 11.8 Å². The lowest BCUT2D eigenvalue weighted by Crippen LogP contribution is -2.48. The first-order valence-electron chi connectivity index (χ1n) is 6.95. The van der Waals surface area contributed by atoms with E-state index in [1.165, 1.54) is 25.7 Å². The van der Waals surface area contributed by atoms with Crippen LogP contribution < -0.4 is 5.73 Å². The number of nitrogens with two attached hydrogens (primary N) is 1. The summed E-state index contributed by atoms with van der Waals surface area (Å²) in [6, 6.07) is 0.420. The van der Waals surface area contributed by atoms with Gasteiger partial charge in [0.25, 0.3) is 0 Å². The molecule has 0 saturated carbocycles. The first-order valence-corrected chi connectivity index (χ1v) is 8.00. The standard InChI is InChI=1S/C13H24N2OS/c14-8-7-11-5-1-3-9-15(11)13(16)12-6-2-4-10-17-12/h11-12H,1-10,14H2. The molecule has 2 atom stereocenters. The smallest absolute Gasteiger partial charge is 0.235 e. The van der Waals surface area contributed by atoms with Gasteiger partial charge >= 0.3 is 0 Å². The van der Waals surface area contributed by atoms with Crippen LogP contribution in [-0.4, -0.2) is 40.9 Å². The van der Waals surface area contributed by atoms with Crippen molar-refractivity contribution in [2.45, 2.75) is 56.2 Å². The lowest BCUT2D eigenvalue weighted by atomic mass is 9.98. The summed E-state index contributed by atoms with van der Waals surface area (Å²) in [4.78, 5) is 14.6. The number of thioether (sulfide) groups is 1. The van der Waals surface area contributed by atoms with Crippen LogP contribution in [0.4, 0.5) is 0 Å². The van der Waals surface area contributed by atoms with Crippen molar-refractivity contribution in [1.29, 1.82) is 0 Å². The Morgan fingerprint density at radius 3 is 2.76 bits per heavy atom. The van der Waals surface area contributed by atoms with Crippen LogP contribution in [0.25, 0.3) is 0 Å². The molecule has 2 saturated heterocycles. The number of carbonyl (C=O) groups excluding carboxylic acids is 1. The Balaban J connectivity index is 1.94. The third-order valence-corrected chi connectivity index (χ3v) is 5.23. The molecule has 0 spiro atoms. The van der Waals surface area contributed by atoms with E-state index in [0.29, 0.717) is 18.5 Å². The maximum absolute atomic E-state index is 12.5. The van der Waals surface area contributed by atoms with E-state index in [2.05, 4.69) is 4.90 Å². The van der Waals surface area contributed by atoms with Gasteiger partial charge in [0.2, 0.25) is 5.91 Å². The molecule has 2 heterocycles. The van der Waals surface area contributed by atoms with Gasteiger partial charge in [-0.25, -0.2) is 0 Å². The summed E-state index contributed by atoms with van der Waals surface area (Å²) in [5.41, 5.74) is 5.66. The first-order chi connectivity index (χ1) is 8.33. The Kier molecular flexibility index (Phi) is 5.16. The number of amides is 1. The fourth-order valence-electron chi connectivity index (χ4n) is 2.90. The number of likely N-dealkylation sites (tertiary alicyclic amines) is 1. The van der Waals surface area contributed by atoms with E-state index in [1.54, 1.807) is 0 Å². The summed E-state index contributed by atoms with van der Waals surface area (Å²) in [6.45, 7) is 1.66. The molecule has 2 fully saturated rings. The molecule has 0 radical (unpaired) electrons. The first kappa shape index (κ1) is 13.2. The minimum Gasteiger partial charge on any atom is -0.339 e. The zero-order valence-electron chi connectivity index (χ0n) is 10.6. The van der Waals surface area contributed by atoms with Crippen molar-refractivity contribution in [3.05, 3.63) is 0 Å². The topological polar surface area (TPSA) is 46.3 Å². The molecule has 1 amide bonds. The minimum atomic E-state index is 0.238. The molecule has 4 heteroatoms. The van der Waals surface area contributed by atoms with Crippen LogP contribution in [-0.2, 0) is 4.79 Å². The molecule has 3 nitrogen and oxygen atoms in total. The molecule has 17 heavy (non-hydrogen) atoms.